The standard InChI is InChI=1S/C14H19Cl2N/c1-14(2,8-9-17-10-6-7-10)11-4-3-5-12(15)13(11)16/h3-5,10,17H,6-9H2,1-2H3. The first kappa shape index (κ1) is 13.2. The van der Waals surface area contributed by atoms with Crippen molar-refractivity contribution in [2.45, 2.75) is 44.6 Å². The first-order chi connectivity index (χ1) is 8.00. The van der Waals surface area contributed by atoms with Gasteiger partial charge in [-0.1, -0.05) is 49.2 Å². The van der Waals surface area contributed by atoms with E-state index in [9.17, 15) is 0 Å². The van der Waals surface area contributed by atoms with Gasteiger partial charge in [0, 0.05) is 6.04 Å². The molecule has 0 aliphatic heterocycles. The zero-order valence-electron chi connectivity index (χ0n) is 10.4. The minimum atomic E-state index is 0.0594. The van der Waals surface area contributed by atoms with Crippen molar-refractivity contribution < 1.29 is 0 Å². The highest BCUT2D eigenvalue weighted by Gasteiger charge is 2.26. The van der Waals surface area contributed by atoms with E-state index in [4.69, 9.17) is 23.2 Å². The fourth-order valence-corrected chi connectivity index (χ4v) is 2.59. The summed E-state index contributed by atoms with van der Waals surface area (Å²) in [5.74, 6) is 0. The van der Waals surface area contributed by atoms with Crippen LogP contribution in [0.4, 0.5) is 0 Å². The van der Waals surface area contributed by atoms with Gasteiger partial charge in [-0.2, -0.15) is 0 Å². The summed E-state index contributed by atoms with van der Waals surface area (Å²) in [5, 5.41) is 4.89. The Kier molecular flexibility index (Phi) is 4.02. The molecule has 1 aliphatic rings. The molecule has 17 heavy (non-hydrogen) atoms. The number of benzene rings is 1. The second kappa shape index (κ2) is 5.17. The average molecular weight is 272 g/mol. The van der Waals surface area contributed by atoms with Crippen LogP contribution in [0.2, 0.25) is 10.0 Å². The third kappa shape index (κ3) is 3.37. The van der Waals surface area contributed by atoms with E-state index in [1.807, 2.05) is 12.1 Å². The van der Waals surface area contributed by atoms with Gasteiger partial charge in [-0.25, -0.2) is 0 Å². The van der Waals surface area contributed by atoms with E-state index in [0.717, 1.165) is 24.6 Å². The molecule has 0 aromatic heterocycles. The van der Waals surface area contributed by atoms with Crippen LogP contribution in [-0.4, -0.2) is 12.6 Å². The van der Waals surface area contributed by atoms with Crippen molar-refractivity contribution in [3.8, 4) is 0 Å². The molecule has 0 amide bonds. The summed E-state index contributed by atoms with van der Waals surface area (Å²) < 4.78 is 0. The molecule has 2 rings (SSSR count). The molecule has 0 heterocycles. The lowest BCUT2D eigenvalue weighted by Crippen LogP contribution is -2.27. The Bertz CT molecular complexity index is 397. The van der Waals surface area contributed by atoms with E-state index in [-0.39, 0.29) is 5.41 Å². The van der Waals surface area contributed by atoms with E-state index in [0.29, 0.717) is 10.0 Å². The van der Waals surface area contributed by atoms with Crippen LogP contribution in [0.1, 0.15) is 38.7 Å². The summed E-state index contributed by atoms with van der Waals surface area (Å²) in [6, 6.07) is 6.65. The molecule has 0 unspecified atom stereocenters. The number of halogens is 2. The van der Waals surface area contributed by atoms with Gasteiger partial charge in [0.05, 0.1) is 10.0 Å². The van der Waals surface area contributed by atoms with Crippen LogP contribution in [0.5, 0.6) is 0 Å². The van der Waals surface area contributed by atoms with E-state index < -0.39 is 0 Å². The smallest absolute Gasteiger partial charge is 0.0629 e. The normalized spacial score (nSPS) is 16.2. The van der Waals surface area contributed by atoms with Gasteiger partial charge in [-0.3, -0.25) is 0 Å². The molecule has 1 aliphatic carbocycles. The van der Waals surface area contributed by atoms with Crippen LogP contribution in [0.25, 0.3) is 0 Å². The Hall–Kier alpha value is -0.240. The predicted octanol–water partition coefficient (Wildman–Crippen LogP) is 4.41. The summed E-state index contributed by atoms with van der Waals surface area (Å²) in [7, 11) is 0. The van der Waals surface area contributed by atoms with E-state index in [1.165, 1.54) is 12.8 Å². The second-order valence-electron chi connectivity index (χ2n) is 5.46. The van der Waals surface area contributed by atoms with E-state index in [2.05, 4.69) is 25.2 Å². The van der Waals surface area contributed by atoms with Crippen molar-refractivity contribution in [3.63, 3.8) is 0 Å². The molecule has 1 aromatic rings. The van der Waals surface area contributed by atoms with Gasteiger partial charge in [0.2, 0.25) is 0 Å². The fraction of sp³-hybridized carbons (Fsp3) is 0.571. The third-order valence-electron chi connectivity index (χ3n) is 3.44. The topological polar surface area (TPSA) is 12.0 Å². The molecular weight excluding hydrogens is 253 g/mol. The summed E-state index contributed by atoms with van der Waals surface area (Å²) in [6.45, 7) is 5.48. The van der Waals surface area contributed by atoms with Gasteiger partial charge in [-0.05, 0) is 42.9 Å². The lowest BCUT2D eigenvalue weighted by molar-refractivity contribution is 0.456. The van der Waals surface area contributed by atoms with Crippen LogP contribution in [-0.2, 0) is 5.41 Å². The fourth-order valence-electron chi connectivity index (χ4n) is 2.04. The molecule has 1 fully saturated rings. The van der Waals surface area contributed by atoms with Crippen LogP contribution in [0.15, 0.2) is 18.2 Å². The quantitative estimate of drug-likeness (QED) is 0.837. The Labute approximate surface area is 114 Å². The molecule has 94 valence electrons. The highest BCUT2D eigenvalue weighted by atomic mass is 35.5. The predicted molar refractivity (Wildman–Crippen MR) is 75.1 cm³/mol. The first-order valence-electron chi connectivity index (χ1n) is 6.18. The molecule has 0 spiro atoms. The maximum atomic E-state index is 6.28. The van der Waals surface area contributed by atoms with Gasteiger partial charge >= 0.3 is 0 Å². The van der Waals surface area contributed by atoms with Gasteiger partial charge in [0.15, 0.2) is 0 Å². The van der Waals surface area contributed by atoms with Crippen LogP contribution in [0, 0.1) is 0 Å². The third-order valence-corrected chi connectivity index (χ3v) is 4.26. The zero-order valence-corrected chi connectivity index (χ0v) is 11.9. The van der Waals surface area contributed by atoms with Crippen LogP contribution < -0.4 is 5.32 Å². The average Bonchev–Trinajstić information content (AvgIpc) is 3.05. The maximum absolute atomic E-state index is 6.28. The van der Waals surface area contributed by atoms with E-state index >= 15 is 0 Å². The number of hydrogen-bond acceptors (Lipinski definition) is 1. The van der Waals surface area contributed by atoms with Crippen molar-refractivity contribution in [3.05, 3.63) is 33.8 Å². The van der Waals surface area contributed by atoms with E-state index in [1.54, 1.807) is 0 Å². The highest BCUT2D eigenvalue weighted by Crippen LogP contribution is 2.36. The van der Waals surface area contributed by atoms with Crippen molar-refractivity contribution in [2.24, 2.45) is 0 Å². The Balaban J connectivity index is 2.03. The van der Waals surface area contributed by atoms with Gasteiger partial charge in [-0.15, -0.1) is 0 Å². The second-order valence-corrected chi connectivity index (χ2v) is 6.25. The van der Waals surface area contributed by atoms with Gasteiger partial charge in [0.25, 0.3) is 0 Å². The Morgan fingerprint density at radius 1 is 1.29 bits per heavy atom. The number of nitrogens with one attached hydrogen (secondary N) is 1. The zero-order chi connectivity index (χ0) is 12.5. The summed E-state index contributed by atoms with van der Waals surface area (Å²) in [6.07, 6.45) is 3.74. The molecule has 1 aromatic carbocycles. The van der Waals surface area contributed by atoms with Crippen molar-refractivity contribution in [1.29, 1.82) is 0 Å². The molecule has 3 heteroatoms. The summed E-state index contributed by atoms with van der Waals surface area (Å²) in [4.78, 5) is 0. The summed E-state index contributed by atoms with van der Waals surface area (Å²) >= 11 is 12.3. The molecule has 1 saturated carbocycles. The molecular formula is C14H19Cl2N. The first-order valence-corrected chi connectivity index (χ1v) is 6.94. The highest BCUT2D eigenvalue weighted by molar-refractivity contribution is 6.42. The molecule has 1 N–H and O–H groups in total. The maximum Gasteiger partial charge on any atom is 0.0629 e. The SMILES string of the molecule is CC(C)(CCNC1CC1)c1cccc(Cl)c1Cl. The molecule has 0 bridgehead atoms. The molecule has 1 nitrogen and oxygen atoms in total. The van der Waals surface area contributed by atoms with Crippen molar-refractivity contribution in [2.75, 3.05) is 6.54 Å². The minimum Gasteiger partial charge on any atom is -0.314 e. The monoisotopic (exact) mass is 271 g/mol. The molecule has 0 saturated heterocycles. The summed E-state index contributed by atoms with van der Waals surface area (Å²) in [5.41, 5.74) is 1.20. The molecule has 0 atom stereocenters. The Morgan fingerprint density at radius 3 is 2.65 bits per heavy atom. The van der Waals surface area contributed by atoms with Gasteiger partial charge in [0.1, 0.15) is 0 Å². The number of rotatable bonds is 5. The lowest BCUT2D eigenvalue weighted by Gasteiger charge is -2.27. The van der Waals surface area contributed by atoms with Crippen molar-refractivity contribution in [1.82, 2.24) is 5.32 Å². The largest absolute Gasteiger partial charge is 0.314 e. The number of hydrogen-bond donors (Lipinski definition) is 1. The Morgan fingerprint density at radius 2 is 2.00 bits per heavy atom. The van der Waals surface area contributed by atoms with Gasteiger partial charge < -0.3 is 5.32 Å². The van der Waals surface area contributed by atoms with Crippen LogP contribution >= 0.6 is 23.2 Å². The molecule has 0 radical (unpaired) electrons. The minimum absolute atomic E-state index is 0.0594. The van der Waals surface area contributed by atoms with Crippen molar-refractivity contribution >= 4 is 23.2 Å². The van der Waals surface area contributed by atoms with Crippen LogP contribution in [0.3, 0.4) is 0 Å². The lowest BCUT2D eigenvalue weighted by atomic mass is 9.81.